The van der Waals surface area contributed by atoms with Gasteiger partial charge in [0.25, 0.3) is 6.43 Å². The Balaban J connectivity index is 1.92. The van der Waals surface area contributed by atoms with Crippen molar-refractivity contribution in [2.75, 3.05) is 52.6 Å². The Bertz CT molecular complexity index is 360. The van der Waals surface area contributed by atoms with Gasteiger partial charge in [-0.05, 0) is 12.8 Å². The minimum Gasteiger partial charge on any atom is -0.394 e. The molecular formula is C14H24F2N2O4. The minimum atomic E-state index is -2.46. The quantitative estimate of drug-likeness (QED) is 0.743. The van der Waals surface area contributed by atoms with E-state index in [0.717, 1.165) is 12.8 Å². The maximum atomic E-state index is 12.6. The molecule has 0 aromatic rings. The standard InChI is InChI=1S/C14H24F2N2O4/c15-13(16)9-17-4-6-21-10-12(17)14(20)18-3-1-2-11(8-18)22-7-5-19/h11-13,19H,1-10H2. The largest absolute Gasteiger partial charge is 0.394 e. The molecule has 0 spiro atoms. The summed E-state index contributed by atoms with van der Waals surface area (Å²) in [6.45, 7) is 1.72. The third-order valence-corrected chi connectivity index (χ3v) is 4.03. The third-order valence-electron chi connectivity index (χ3n) is 4.03. The Kier molecular flexibility index (Phi) is 6.94. The molecule has 2 saturated heterocycles. The number of hydrogen-bond acceptors (Lipinski definition) is 5. The molecule has 128 valence electrons. The zero-order chi connectivity index (χ0) is 15.9. The summed E-state index contributed by atoms with van der Waals surface area (Å²) in [5.74, 6) is -0.169. The van der Waals surface area contributed by atoms with E-state index in [1.807, 2.05) is 0 Å². The van der Waals surface area contributed by atoms with Crippen molar-refractivity contribution < 1.29 is 28.2 Å². The number of rotatable bonds is 6. The number of halogens is 2. The zero-order valence-electron chi connectivity index (χ0n) is 12.6. The van der Waals surface area contributed by atoms with E-state index in [0.29, 0.717) is 26.2 Å². The Morgan fingerprint density at radius 3 is 2.95 bits per heavy atom. The van der Waals surface area contributed by atoms with Crippen molar-refractivity contribution in [2.45, 2.75) is 31.4 Å². The van der Waals surface area contributed by atoms with Crippen molar-refractivity contribution in [1.29, 1.82) is 0 Å². The van der Waals surface area contributed by atoms with Crippen LogP contribution >= 0.6 is 0 Å². The van der Waals surface area contributed by atoms with E-state index in [4.69, 9.17) is 14.6 Å². The maximum absolute atomic E-state index is 12.6. The second kappa shape index (κ2) is 8.71. The van der Waals surface area contributed by atoms with Crippen molar-refractivity contribution in [3.8, 4) is 0 Å². The molecule has 0 bridgehead atoms. The number of ether oxygens (including phenoxy) is 2. The van der Waals surface area contributed by atoms with E-state index in [2.05, 4.69) is 0 Å². The lowest BCUT2D eigenvalue weighted by Gasteiger charge is -2.40. The topological polar surface area (TPSA) is 62.2 Å². The normalized spacial score (nSPS) is 27.4. The highest BCUT2D eigenvalue weighted by atomic mass is 19.3. The van der Waals surface area contributed by atoms with Crippen LogP contribution in [0.15, 0.2) is 0 Å². The van der Waals surface area contributed by atoms with E-state index in [-0.39, 0.29) is 31.8 Å². The van der Waals surface area contributed by atoms with E-state index in [1.54, 1.807) is 4.90 Å². The third kappa shape index (κ3) is 4.84. The van der Waals surface area contributed by atoms with Gasteiger partial charge < -0.3 is 19.5 Å². The van der Waals surface area contributed by atoms with Gasteiger partial charge in [0, 0.05) is 19.6 Å². The van der Waals surface area contributed by atoms with Crippen molar-refractivity contribution in [3.05, 3.63) is 0 Å². The molecule has 2 aliphatic rings. The molecule has 2 unspecified atom stereocenters. The van der Waals surface area contributed by atoms with Crippen LogP contribution in [-0.4, -0.2) is 92.0 Å². The summed E-state index contributed by atoms with van der Waals surface area (Å²) in [5.41, 5.74) is 0. The van der Waals surface area contributed by atoms with Gasteiger partial charge in [-0.1, -0.05) is 0 Å². The summed E-state index contributed by atoms with van der Waals surface area (Å²) in [4.78, 5) is 15.8. The van der Waals surface area contributed by atoms with Gasteiger partial charge in [-0.2, -0.15) is 0 Å². The minimum absolute atomic E-state index is 0.0525. The van der Waals surface area contributed by atoms with Gasteiger partial charge in [-0.3, -0.25) is 9.69 Å². The Morgan fingerprint density at radius 2 is 2.23 bits per heavy atom. The van der Waals surface area contributed by atoms with Crippen LogP contribution in [0.25, 0.3) is 0 Å². The van der Waals surface area contributed by atoms with Gasteiger partial charge in [0.2, 0.25) is 5.91 Å². The highest BCUT2D eigenvalue weighted by molar-refractivity contribution is 5.82. The van der Waals surface area contributed by atoms with Crippen molar-refractivity contribution in [2.24, 2.45) is 0 Å². The SMILES string of the molecule is O=C(C1COCCN1CC(F)F)N1CCCC(OCCO)C1. The molecular weight excluding hydrogens is 298 g/mol. The summed E-state index contributed by atoms with van der Waals surface area (Å²) >= 11 is 0. The smallest absolute Gasteiger partial charge is 0.251 e. The second-order valence-electron chi connectivity index (χ2n) is 5.62. The Hall–Kier alpha value is -0.830. The highest BCUT2D eigenvalue weighted by Crippen LogP contribution is 2.18. The number of aliphatic hydroxyl groups is 1. The fourth-order valence-electron chi connectivity index (χ4n) is 2.97. The predicted octanol–water partition coefficient (Wildman–Crippen LogP) is -0.0478. The number of likely N-dealkylation sites (tertiary alicyclic amines) is 1. The molecule has 0 radical (unpaired) electrons. The number of carbonyl (C=O) groups is 1. The zero-order valence-corrected chi connectivity index (χ0v) is 12.6. The van der Waals surface area contributed by atoms with Crippen LogP contribution in [0.4, 0.5) is 8.78 Å². The molecule has 0 aromatic carbocycles. The fourth-order valence-corrected chi connectivity index (χ4v) is 2.97. The van der Waals surface area contributed by atoms with Crippen LogP contribution in [0.1, 0.15) is 12.8 Å². The fraction of sp³-hybridized carbons (Fsp3) is 0.929. The van der Waals surface area contributed by atoms with Gasteiger partial charge in [0.1, 0.15) is 6.04 Å². The maximum Gasteiger partial charge on any atom is 0.251 e. The van der Waals surface area contributed by atoms with E-state index in [1.165, 1.54) is 4.90 Å². The van der Waals surface area contributed by atoms with Crippen molar-refractivity contribution in [1.82, 2.24) is 9.80 Å². The molecule has 0 saturated carbocycles. The molecule has 2 aliphatic heterocycles. The van der Waals surface area contributed by atoms with Crippen molar-refractivity contribution in [3.63, 3.8) is 0 Å². The first kappa shape index (κ1) is 17.5. The lowest BCUT2D eigenvalue weighted by Crippen LogP contribution is -2.57. The van der Waals surface area contributed by atoms with E-state index >= 15 is 0 Å². The van der Waals surface area contributed by atoms with Gasteiger partial charge in [-0.25, -0.2) is 8.78 Å². The van der Waals surface area contributed by atoms with Crippen molar-refractivity contribution >= 4 is 5.91 Å². The molecule has 2 rings (SSSR count). The number of alkyl halides is 2. The molecule has 2 heterocycles. The monoisotopic (exact) mass is 322 g/mol. The van der Waals surface area contributed by atoms with Crippen LogP contribution in [0.2, 0.25) is 0 Å². The average Bonchev–Trinajstić information content (AvgIpc) is 2.52. The number of amides is 1. The molecule has 6 nitrogen and oxygen atoms in total. The number of hydrogen-bond donors (Lipinski definition) is 1. The average molecular weight is 322 g/mol. The van der Waals surface area contributed by atoms with Crippen LogP contribution in [-0.2, 0) is 14.3 Å². The van der Waals surface area contributed by atoms with Crippen LogP contribution in [0, 0.1) is 0 Å². The Labute approximate surface area is 129 Å². The van der Waals surface area contributed by atoms with Gasteiger partial charge in [0.15, 0.2) is 0 Å². The van der Waals surface area contributed by atoms with Gasteiger partial charge in [0.05, 0.1) is 39.1 Å². The second-order valence-corrected chi connectivity index (χ2v) is 5.62. The first-order valence-corrected chi connectivity index (χ1v) is 7.73. The van der Waals surface area contributed by atoms with Crippen LogP contribution < -0.4 is 0 Å². The molecule has 2 atom stereocenters. The summed E-state index contributed by atoms with van der Waals surface area (Å²) in [5, 5.41) is 8.79. The number of carbonyl (C=O) groups excluding carboxylic acids is 1. The first-order chi connectivity index (χ1) is 10.6. The molecule has 22 heavy (non-hydrogen) atoms. The van der Waals surface area contributed by atoms with Gasteiger partial charge >= 0.3 is 0 Å². The molecule has 8 heteroatoms. The van der Waals surface area contributed by atoms with Gasteiger partial charge in [-0.15, -0.1) is 0 Å². The molecule has 1 N–H and O–H groups in total. The number of nitrogens with zero attached hydrogens (tertiary/aromatic N) is 2. The van der Waals surface area contributed by atoms with Crippen LogP contribution in [0.3, 0.4) is 0 Å². The molecule has 0 aliphatic carbocycles. The number of morpholine rings is 1. The number of piperidine rings is 1. The summed E-state index contributed by atoms with van der Waals surface area (Å²) in [6.07, 6.45) is -0.913. The first-order valence-electron chi connectivity index (χ1n) is 7.73. The molecule has 0 aromatic heterocycles. The van der Waals surface area contributed by atoms with E-state index < -0.39 is 19.0 Å². The lowest BCUT2D eigenvalue weighted by molar-refractivity contribution is -0.148. The summed E-state index contributed by atoms with van der Waals surface area (Å²) in [7, 11) is 0. The predicted molar refractivity (Wildman–Crippen MR) is 74.8 cm³/mol. The number of aliphatic hydroxyl groups excluding tert-OH is 1. The highest BCUT2D eigenvalue weighted by Gasteiger charge is 2.35. The Morgan fingerprint density at radius 1 is 1.41 bits per heavy atom. The summed E-state index contributed by atoms with van der Waals surface area (Å²) < 4.78 is 36.1. The van der Waals surface area contributed by atoms with Crippen LogP contribution in [0.5, 0.6) is 0 Å². The lowest BCUT2D eigenvalue weighted by atomic mass is 10.1. The molecule has 2 fully saturated rings. The molecule has 1 amide bonds. The van der Waals surface area contributed by atoms with E-state index in [9.17, 15) is 13.6 Å². The summed E-state index contributed by atoms with van der Waals surface area (Å²) in [6, 6.07) is -0.639.